The van der Waals surface area contributed by atoms with Crippen LogP contribution in [0.4, 0.5) is 4.39 Å². The number of hydrogen-bond acceptors (Lipinski definition) is 2. The van der Waals surface area contributed by atoms with Crippen LogP contribution in [0.3, 0.4) is 0 Å². The summed E-state index contributed by atoms with van der Waals surface area (Å²) in [6.07, 6.45) is 2.61. The summed E-state index contributed by atoms with van der Waals surface area (Å²) in [6, 6.07) is 5.48. The van der Waals surface area contributed by atoms with E-state index in [4.69, 9.17) is 0 Å². The van der Waals surface area contributed by atoms with Crippen LogP contribution >= 0.6 is 15.9 Å². The van der Waals surface area contributed by atoms with Crippen LogP contribution in [-0.4, -0.2) is 22.4 Å². The first-order chi connectivity index (χ1) is 9.37. The van der Waals surface area contributed by atoms with Gasteiger partial charge in [0.05, 0.1) is 5.52 Å². The molecule has 2 rings (SSSR count). The molecule has 110 valence electrons. The van der Waals surface area contributed by atoms with Gasteiger partial charge >= 0.3 is 0 Å². The van der Waals surface area contributed by atoms with E-state index in [0.717, 1.165) is 22.7 Å². The second-order valence-electron chi connectivity index (χ2n) is 5.28. The van der Waals surface area contributed by atoms with Gasteiger partial charge in [0.2, 0.25) is 0 Å². The summed E-state index contributed by atoms with van der Waals surface area (Å²) in [6.45, 7) is 5.92. The fourth-order valence-electron chi connectivity index (χ4n) is 1.58. The predicted molar refractivity (Wildman–Crippen MR) is 82.7 cm³/mol. The molecule has 20 heavy (non-hydrogen) atoms. The highest BCUT2D eigenvalue weighted by molar-refractivity contribution is 9.09. The summed E-state index contributed by atoms with van der Waals surface area (Å²) in [7, 11) is 0. The van der Waals surface area contributed by atoms with Crippen molar-refractivity contribution in [1.29, 1.82) is 0 Å². The Labute approximate surface area is 126 Å². The zero-order valence-electron chi connectivity index (χ0n) is 11.9. The Bertz CT molecular complexity index is 560. The third kappa shape index (κ3) is 5.33. The zero-order chi connectivity index (χ0) is 15.2. The number of aromatic amines is 1. The second-order valence-corrected chi connectivity index (χ2v) is 6.08. The summed E-state index contributed by atoms with van der Waals surface area (Å²) in [5.41, 5.74) is 1.31. The molecule has 0 saturated carbocycles. The Balaban J connectivity index is 0.000000246. The molecule has 0 aliphatic rings. The minimum Gasteiger partial charge on any atom is -0.462 e. The lowest BCUT2D eigenvalue weighted by Crippen LogP contribution is -2.17. The lowest BCUT2D eigenvalue weighted by molar-refractivity contribution is -0.138. The fraction of sp³-hybridized carbons (Fsp3) is 0.400. The zero-order valence-corrected chi connectivity index (χ0v) is 13.5. The van der Waals surface area contributed by atoms with Gasteiger partial charge in [-0.15, -0.1) is 0 Å². The minimum atomic E-state index is -0.318. The average molecular weight is 344 g/mol. The molecule has 0 amide bonds. The second kappa shape index (κ2) is 7.43. The van der Waals surface area contributed by atoms with Crippen molar-refractivity contribution in [2.75, 3.05) is 5.33 Å². The minimum absolute atomic E-state index is 0.168. The van der Waals surface area contributed by atoms with Crippen LogP contribution < -0.4 is 0 Å². The van der Waals surface area contributed by atoms with E-state index >= 15 is 0 Å². The Hall–Kier alpha value is -1.36. The molecular weight excluding hydrogens is 325 g/mol. The summed E-state index contributed by atoms with van der Waals surface area (Å²) in [5, 5.41) is 1.80. The molecule has 0 atom stereocenters. The Morgan fingerprint density at radius 1 is 1.40 bits per heavy atom. The molecule has 0 bridgehead atoms. The van der Waals surface area contributed by atoms with Gasteiger partial charge in [-0.05, 0) is 51.0 Å². The van der Waals surface area contributed by atoms with Crippen molar-refractivity contribution in [3.63, 3.8) is 0 Å². The van der Waals surface area contributed by atoms with E-state index < -0.39 is 0 Å². The first kappa shape index (κ1) is 16.7. The Morgan fingerprint density at radius 3 is 2.60 bits per heavy atom. The van der Waals surface area contributed by atoms with Gasteiger partial charge in [-0.2, -0.15) is 0 Å². The van der Waals surface area contributed by atoms with E-state index in [1.54, 1.807) is 12.3 Å². The number of aromatic nitrogens is 1. The fourth-order valence-corrected chi connectivity index (χ4v) is 2.04. The van der Waals surface area contributed by atoms with E-state index in [0.29, 0.717) is 12.0 Å². The van der Waals surface area contributed by atoms with Crippen molar-refractivity contribution in [2.24, 2.45) is 0 Å². The maximum Gasteiger partial charge on any atom is 0.293 e. The third-order valence-corrected chi connectivity index (χ3v) is 2.85. The van der Waals surface area contributed by atoms with Crippen LogP contribution in [0.25, 0.3) is 10.9 Å². The van der Waals surface area contributed by atoms with E-state index in [1.165, 1.54) is 0 Å². The summed E-state index contributed by atoms with van der Waals surface area (Å²) in [4.78, 5) is 12.5. The summed E-state index contributed by atoms with van der Waals surface area (Å²) >= 11 is 3.34. The third-order valence-electron chi connectivity index (χ3n) is 2.46. The number of fused-ring (bicyclic) bond motifs is 1. The number of benzene rings is 1. The lowest BCUT2D eigenvalue weighted by atomic mass is 10.1. The van der Waals surface area contributed by atoms with Gasteiger partial charge in [-0.25, -0.2) is 4.39 Å². The monoisotopic (exact) mass is 343 g/mol. The highest BCUT2D eigenvalue weighted by Gasteiger charge is 2.07. The normalized spacial score (nSPS) is 10.8. The first-order valence-electron chi connectivity index (χ1n) is 6.30. The molecule has 0 unspecified atom stereocenters. The number of halogens is 2. The maximum atomic E-state index is 13.4. The molecule has 3 nitrogen and oxygen atoms in total. The molecule has 0 fully saturated rings. The molecule has 0 radical (unpaired) electrons. The molecule has 0 aliphatic heterocycles. The van der Waals surface area contributed by atoms with Crippen molar-refractivity contribution in [3.05, 3.63) is 35.8 Å². The van der Waals surface area contributed by atoms with Crippen LogP contribution in [0.2, 0.25) is 0 Å². The van der Waals surface area contributed by atoms with Gasteiger partial charge in [-0.1, -0.05) is 15.9 Å². The van der Waals surface area contributed by atoms with Gasteiger partial charge in [0.15, 0.2) is 0 Å². The van der Waals surface area contributed by atoms with E-state index in [2.05, 4.69) is 25.7 Å². The topological polar surface area (TPSA) is 42.1 Å². The maximum absolute atomic E-state index is 13.4. The predicted octanol–water partition coefficient (Wildman–Crippen LogP) is 4.20. The van der Waals surface area contributed by atoms with Crippen LogP contribution in [-0.2, 0) is 16.0 Å². The van der Waals surface area contributed by atoms with Gasteiger partial charge in [0.1, 0.15) is 11.4 Å². The summed E-state index contributed by atoms with van der Waals surface area (Å²) in [5.74, 6) is -0.168. The lowest BCUT2D eigenvalue weighted by Gasteiger charge is -2.14. The molecule has 1 aromatic carbocycles. The number of H-pyrrole nitrogens is 1. The van der Waals surface area contributed by atoms with Crippen LogP contribution in [0, 0.1) is 5.82 Å². The molecule has 1 aromatic heterocycles. The molecule has 0 saturated heterocycles. The number of ether oxygens (including phenoxy) is 1. The number of alkyl halides is 1. The van der Waals surface area contributed by atoms with Crippen molar-refractivity contribution >= 4 is 33.3 Å². The number of carbonyl (C=O) groups is 1. The number of aryl methyl sites for hydroxylation is 1. The standard InChI is InChI=1S/C10H9BrFN.C5H10O2/c11-3-1-7-5-8-2-4-13-10(8)9(12)6-7;1-5(2,3)7-4-6/h2,4-6,13H,1,3H2;4H,1-3H3. The molecule has 5 heteroatoms. The van der Waals surface area contributed by atoms with Gasteiger partial charge in [-0.3, -0.25) is 4.79 Å². The van der Waals surface area contributed by atoms with E-state index in [9.17, 15) is 9.18 Å². The molecule has 2 aromatic rings. The number of nitrogens with one attached hydrogen (secondary N) is 1. The number of carbonyl (C=O) groups excluding carboxylic acids is 1. The molecule has 0 aliphatic carbocycles. The highest BCUT2D eigenvalue weighted by atomic mass is 79.9. The Morgan fingerprint density at radius 2 is 2.10 bits per heavy atom. The summed E-state index contributed by atoms with van der Waals surface area (Å²) < 4.78 is 17.9. The van der Waals surface area contributed by atoms with Crippen LogP contribution in [0.1, 0.15) is 26.3 Å². The van der Waals surface area contributed by atoms with Crippen molar-refractivity contribution < 1.29 is 13.9 Å². The molecule has 1 heterocycles. The van der Waals surface area contributed by atoms with Crippen molar-refractivity contribution in [1.82, 2.24) is 4.98 Å². The van der Waals surface area contributed by atoms with Gasteiger partial charge in [0, 0.05) is 16.9 Å². The molecule has 1 N–H and O–H groups in total. The van der Waals surface area contributed by atoms with Crippen molar-refractivity contribution in [2.45, 2.75) is 32.8 Å². The number of hydrogen-bond donors (Lipinski definition) is 1. The van der Waals surface area contributed by atoms with Gasteiger partial charge in [0.25, 0.3) is 6.47 Å². The largest absolute Gasteiger partial charge is 0.462 e. The van der Waals surface area contributed by atoms with Crippen LogP contribution in [0.5, 0.6) is 0 Å². The first-order valence-corrected chi connectivity index (χ1v) is 7.42. The van der Waals surface area contributed by atoms with Crippen molar-refractivity contribution in [3.8, 4) is 0 Å². The van der Waals surface area contributed by atoms with Crippen LogP contribution in [0.15, 0.2) is 24.4 Å². The van der Waals surface area contributed by atoms with Gasteiger partial charge < -0.3 is 9.72 Å². The van der Waals surface area contributed by atoms with E-state index in [-0.39, 0.29) is 11.4 Å². The average Bonchev–Trinajstić information content (AvgIpc) is 2.77. The van der Waals surface area contributed by atoms with E-state index in [1.807, 2.05) is 32.9 Å². The quantitative estimate of drug-likeness (QED) is 0.670. The SMILES string of the molecule is CC(C)(C)OC=O.Fc1cc(CCBr)cc2cc[nH]c12. The smallest absolute Gasteiger partial charge is 0.293 e. The number of rotatable bonds is 3. The highest BCUT2D eigenvalue weighted by Crippen LogP contribution is 2.19. The molecule has 0 spiro atoms. The Kier molecular flexibility index (Phi) is 6.20. The molecular formula is C15H19BrFNO2.